The molecule has 46 valence electrons. The van der Waals surface area contributed by atoms with Crippen LogP contribution in [0, 0.1) is 0 Å². The molecule has 3 heteroatoms. The van der Waals surface area contributed by atoms with Gasteiger partial charge in [-0.15, -0.1) is 0 Å². The first-order valence-electron chi connectivity index (χ1n) is 2.53. The van der Waals surface area contributed by atoms with Gasteiger partial charge in [-0.05, 0) is 12.2 Å². The van der Waals surface area contributed by atoms with E-state index in [2.05, 4.69) is 4.99 Å². The number of carbonyl (C=O) groups is 1. The molecule has 0 spiro atoms. The molecule has 1 aliphatic rings. The van der Waals surface area contributed by atoms with Gasteiger partial charge in [0.15, 0.2) is 0 Å². The van der Waals surface area contributed by atoms with E-state index in [1.165, 1.54) is 11.2 Å². The molecule has 0 aromatic carbocycles. The fourth-order valence-corrected chi connectivity index (χ4v) is 0.465. The molecule has 1 aliphatic heterocycles. The zero-order valence-electron chi connectivity index (χ0n) is 4.77. The van der Waals surface area contributed by atoms with E-state index >= 15 is 0 Å². The molecule has 0 aromatic rings. The van der Waals surface area contributed by atoms with Crippen LogP contribution in [-0.4, -0.2) is 17.6 Å². The second-order valence-corrected chi connectivity index (χ2v) is 1.50. The lowest BCUT2D eigenvalue weighted by Gasteiger charge is -1.98. The number of hydrogen-bond donors (Lipinski definition) is 0. The predicted octanol–water partition coefficient (Wildman–Crippen LogP) is 0.514. The molecular weight excluding hydrogens is 116 g/mol. The highest BCUT2D eigenvalue weighted by atomic mass is 16.1. The van der Waals surface area contributed by atoms with Gasteiger partial charge in [-0.1, -0.05) is 0 Å². The Morgan fingerprint density at radius 2 is 2.33 bits per heavy atom. The maximum atomic E-state index is 10.1. The first-order valence-corrected chi connectivity index (χ1v) is 2.53. The molecule has 1 heterocycles. The van der Waals surface area contributed by atoms with Crippen LogP contribution in [0.25, 0.3) is 0 Å². The Bertz CT molecular complexity index is 165. The van der Waals surface area contributed by atoms with Crippen molar-refractivity contribution >= 4 is 12.7 Å². The highest BCUT2D eigenvalue weighted by Gasteiger charge is 1.88. The summed E-state index contributed by atoms with van der Waals surface area (Å²) in [6.45, 7) is 0. The summed E-state index contributed by atoms with van der Waals surface area (Å²) in [7, 11) is 0. The molecule has 0 saturated carbocycles. The van der Waals surface area contributed by atoms with Gasteiger partial charge in [0.25, 0.3) is 0 Å². The van der Waals surface area contributed by atoms with E-state index in [1.54, 1.807) is 24.6 Å². The Hall–Kier alpha value is -1.38. The number of allylic oxidation sites excluding steroid dienone is 2. The van der Waals surface area contributed by atoms with Gasteiger partial charge in [-0.2, -0.15) is 0 Å². The topological polar surface area (TPSA) is 32.7 Å². The van der Waals surface area contributed by atoms with Crippen LogP contribution in [0.3, 0.4) is 0 Å². The van der Waals surface area contributed by atoms with E-state index in [4.69, 9.17) is 0 Å². The molecular formula is C6H6N2O. The molecule has 1 amide bonds. The van der Waals surface area contributed by atoms with Gasteiger partial charge in [0, 0.05) is 12.4 Å². The third-order valence-electron chi connectivity index (χ3n) is 0.863. The second kappa shape index (κ2) is 2.81. The van der Waals surface area contributed by atoms with E-state index in [9.17, 15) is 4.79 Å². The van der Waals surface area contributed by atoms with Crippen LogP contribution in [0.1, 0.15) is 0 Å². The summed E-state index contributed by atoms with van der Waals surface area (Å²) in [4.78, 5) is 15.2. The van der Waals surface area contributed by atoms with Gasteiger partial charge in [0.1, 0.15) is 6.34 Å². The minimum atomic E-state index is 0.688. The zero-order chi connectivity index (χ0) is 6.53. The maximum Gasteiger partial charge on any atom is 0.218 e. The fourth-order valence-electron chi connectivity index (χ4n) is 0.465. The highest BCUT2D eigenvalue weighted by Crippen LogP contribution is 1.88. The second-order valence-electron chi connectivity index (χ2n) is 1.50. The molecule has 0 saturated heterocycles. The van der Waals surface area contributed by atoms with Gasteiger partial charge < -0.3 is 0 Å². The van der Waals surface area contributed by atoms with Crippen molar-refractivity contribution in [3.63, 3.8) is 0 Å². The lowest BCUT2D eigenvalue weighted by atomic mass is 10.6. The number of amides is 1. The summed E-state index contributed by atoms with van der Waals surface area (Å²) >= 11 is 0. The number of carbonyl (C=O) groups excluding carboxylic acids is 1. The average Bonchev–Trinajstić information content (AvgIpc) is 2.13. The smallest absolute Gasteiger partial charge is 0.218 e. The van der Waals surface area contributed by atoms with Crippen LogP contribution in [0.2, 0.25) is 0 Å². The number of rotatable bonds is 1. The van der Waals surface area contributed by atoms with Crippen molar-refractivity contribution in [1.82, 2.24) is 4.90 Å². The molecule has 0 fully saturated rings. The Kier molecular flexibility index (Phi) is 1.80. The van der Waals surface area contributed by atoms with Crippen molar-refractivity contribution in [2.24, 2.45) is 4.99 Å². The van der Waals surface area contributed by atoms with Crippen LogP contribution in [0.4, 0.5) is 0 Å². The standard InChI is InChI=1S/C6H6N2O/c9-6-8-4-2-1-3-7-5-8/h1-6H. The zero-order valence-corrected chi connectivity index (χ0v) is 4.77. The molecule has 0 N–H and O–H groups in total. The molecule has 0 unspecified atom stereocenters. The van der Waals surface area contributed by atoms with Gasteiger partial charge >= 0.3 is 0 Å². The molecule has 0 aliphatic carbocycles. The molecule has 0 atom stereocenters. The van der Waals surface area contributed by atoms with Crippen molar-refractivity contribution < 1.29 is 4.79 Å². The first kappa shape index (κ1) is 5.75. The van der Waals surface area contributed by atoms with Crippen LogP contribution in [0.15, 0.2) is 29.5 Å². The van der Waals surface area contributed by atoms with Gasteiger partial charge in [0.2, 0.25) is 6.41 Å². The monoisotopic (exact) mass is 122 g/mol. The first-order chi connectivity index (χ1) is 4.43. The van der Waals surface area contributed by atoms with E-state index in [0.29, 0.717) is 6.41 Å². The van der Waals surface area contributed by atoms with Crippen LogP contribution >= 0.6 is 0 Å². The number of aliphatic imine (C=N–C) groups is 1. The lowest BCUT2D eigenvalue weighted by Crippen LogP contribution is -2.10. The summed E-state index contributed by atoms with van der Waals surface area (Å²) in [6, 6.07) is 0. The number of hydrogen-bond acceptors (Lipinski definition) is 2. The maximum absolute atomic E-state index is 10.1. The van der Waals surface area contributed by atoms with Crippen LogP contribution < -0.4 is 0 Å². The van der Waals surface area contributed by atoms with Crippen LogP contribution in [-0.2, 0) is 4.79 Å². The fraction of sp³-hybridized carbons (Fsp3) is 0. The number of nitrogens with zero attached hydrogens (tertiary/aromatic N) is 2. The highest BCUT2D eigenvalue weighted by molar-refractivity contribution is 5.74. The van der Waals surface area contributed by atoms with Gasteiger partial charge in [-0.25, -0.2) is 4.99 Å². The Morgan fingerprint density at radius 1 is 1.44 bits per heavy atom. The van der Waals surface area contributed by atoms with E-state index < -0.39 is 0 Å². The van der Waals surface area contributed by atoms with Crippen molar-refractivity contribution in [3.8, 4) is 0 Å². The Balaban J connectivity index is 2.69. The van der Waals surface area contributed by atoms with Crippen molar-refractivity contribution in [2.75, 3.05) is 0 Å². The molecule has 0 aromatic heterocycles. The molecule has 0 bridgehead atoms. The quantitative estimate of drug-likeness (QED) is 0.466. The van der Waals surface area contributed by atoms with Crippen LogP contribution in [0.5, 0.6) is 0 Å². The summed E-state index contributed by atoms with van der Waals surface area (Å²) in [5.41, 5.74) is 0. The SMILES string of the molecule is O=CN1C=CC=CN=C1. The molecule has 3 nitrogen and oxygen atoms in total. The summed E-state index contributed by atoms with van der Waals surface area (Å²) in [6.07, 6.45) is 8.85. The van der Waals surface area contributed by atoms with E-state index in [-0.39, 0.29) is 0 Å². The molecule has 1 rings (SSSR count). The predicted molar refractivity (Wildman–Crippen MR) is 34.7 cm³/mol. The minimum absolute atomic E-state index is 0.688. The Labute approximate surface area is 53.0 Å². The Morgan fingerprint density at radius 3 is 3.11 bits per heavy atom. The van der Waals surface area contributed by atoms with Crippen molar-refractivity contribution in [3.05, 3.63) is 24.6 Å². The average molecular weight is 122 g/mol. The third-order valence-corrected chi connectivity index (χ3v) is 0.863. The summed E-state index contributed by atoms with van der Waals surface area (Å²) in [5.74, 6) is 0. The van der Waals surface area contributed by atoms with E-state index in [0.717, 1.165) is 0 Å². The normalized spacial score (nSPS) is 15.8. The summed E-state index contributed by atoms with van der Waals surface area (Å²) < 4.78 is 0. The lowest BCUT2D eigenvalue weighted by molar-refractivity contribution is -0.113. The largest absolute Gasteiger partial charge is 0.281 e. The van der Waals surface area contributed by atoms with Gasteiger partial charge in [0.05, 0.1) is 0 Å². The summed E-state index contributed by atoms with van der Waals surface area (Å²) in [5, 5.41) is 0. The van der Waals surface area contributed by atoms with Gasteiger partial charge in [-0.3, -0.25) is 9.69 Å². The third kappa shape index (κ3) is 1.53. The van der Waals surface area contributed by atoms with Crippen molar-refractivity contribution in [1.29, 1.82) is 0 Å². The van der Waals surface area contributed by atoms with E-state index in [1.807, 2.05) is 0 Å². The minimum Gasteiger partial charge on any atom is -0.281 e. The molecule has 9 heavy (non-hydrogen) atoms. The molecule has 0 radical (unpaired) electrons. The van der Waals surface area contributed by atoms with Crippen molar-refractivity contribution in [2.45, 2.75) is 0 Å².